The van der Waals surface area contributed by atoms with E-state index < -0.39 is 0 Å². The first-order valence-corrected chi connectivity index (χ1v) is 13.1. The minimum absolute atomic E-state index is 0.0578. The highest BCUT2D eigenvalue weighted by atomic mass is 14.5. The molecule has 4 atom stereocenters. The van der Waals surface area contributed by atoms with E-state index in [0.717, 1.165) is 29.6 Å². The van der Waals surface area contributed by atoms with E-state index in [1.807, 2.05) is 0 Å². The topological polar surface area (TPSA) is 23.8 Å². The monoisotopic (exact) mass is 385 g/mol. The lowest BCUT2D eigenvalue weighted by atomic mass is 9.53. The van der Waals surface area contributed by atoms with Crippen LogP contribution in [-0.4, -0.2) is 0 Å². The molecule has 0 saturated heterocycles. The van der Waals surface area contributed by atoms with Gasteiger partial charge in [0.15, 0.2) is 0 Å². The van der Waals surface area contributed by atoms with Crippen LogP contribution in [0.1, 0.15) is 129 Å². The van der Waals surface area contributed by atoms with E-state index in [2.05, 4.69) is 19.9 Å². The fourth-order valence-electron chi connectivity index (χ4n) is 7.33. The zero-order valence-electron chi connectivity index (χ0n) is 19.1. The van der Waals surface area contributed by atoms with Crippen molar-refractivity contribution in [2.45, 2.75) is 129 Å². The second-order valence-corrected chi connectivity index (χ2v) is 10.9. The van der Waals surface area contributed by atoms with Gasteiger partial charge < -0.3 is 0 Å². The molecular formula is C27H47N. The lowest BCUT2D eigenvalue weighted by molar-refractivity contribution is 0.0146. The molecule has 0 aliphatic heterocycles. The maximum Gasteiger partial charge on any atom is 0.0692 e. The van der Waals surface area contributed by atoms with Crippen molar-refractivity contribution in [3.63, 3.8) is 0 Å². The molecule has 0 radical (unpaired) electrons. The third kappa shape index (κ3) is 5.55. The van der Waals surface area contributed by atoms with Crippen LogP contribution in [0.15, 0.2) is 0 Å². The van der Waals surface area contributed by atoms with E-state index in [9.17, 15) is 5.26 Å². The van der Waals surface area contributed by atoms with Crippen molar-refractivity contribution in [2.24, 2.45) is 35.0 Å². The summed E-state index contributed by atoms with van der Waals surface area (Å²) in [4.78, 5) is 0. The van der Waals surface area contributed by atoms with Crippen LogP contribution in [0.2, 0.25) is 0 Å². The summed E-state index contributed by atoms with van der Waals surface area (Å²) >= 11 is 0. The van der Waals surface area contributed by atoms with Gasteiger partial charge in [0.25, 0.3) is 0 Å². The Hall–Kier alpha value is -0.510. The number of fused-ring (bicyclic) bond motifs is 1. The number of unbranched alkanes of at least 4 members (excludes halogenated alkanes) is 4. The maximum atomic E-state index is 10.2. The molecule has 0 N–H and O–H groups in total. The normalized spacial score (nSPS) is 38.5. The molecular weight excluding hydrogens is 338 g/mol. The van der Waals surface area contributed by atoms with Gasteiger partial charge in [0.05, 0.1) is 11.5 Å². The van der Waals surface area contributed by atoms with Gasteiger partial charge in [0.1, 0.15) is 0 Å². The summed E-state index contributed by atoms with van der Waals surface area (Å²) in [6, 6.07) is 2.91. The highest BCUT2D eigenvalue weighted by Crippen LogP contribution is 2.56. The Balaban J connectivity index is 1.46. The zero-order valence-corrected chi connectivity index (χ0v) is 19.1. The van der Waals surface area contributed by atoms with E-state index >= 15 is 0 Å². The fourth-order valence-corrected chi connectivity index (χ4v) is 7.33. The molecule has 0 amide bonds. The molecule has 0 bridgehead atoms. The van der Waals surface area contributed by atoms with E-state index in [-0.39, 0.29) is 5.41 Å². The third-order valence-electron chi connectivity index (χ3n) is 9.10. The van der Waals surface area contributed by atoms with Crippen molar-refractivity contribution in [2.75, 3.05) is 0 Å². The Bertz CT molecular complexity index is 483. The first-order valence-electron chi connectivity index (χ1n) is 13.1. The molecule has 3 aliphatic carbocycles. The quantitative estimate of drug-likeness (QED) is 0.364. The molecule has 0 heterocycles. The third-order valence-corrected chi connectivity index (χ3v) is 9.10. The maximum absolute atomic E-state index is 10.2. The van der Waals surface area contributed by atoms with Gasteiger partial charge >= 0.3 is 0 Å². The van der Waals surface area contributed by atoms with Crippen molar-refractivity contribution in [1.29, 1.82) is 5.26 Å². The average Bonchev–Trinajstić information content (AvgIpc) is 2.74. The largest absolute Gasteiger partial charge is 0.198 e. The molecule has 0 aromatic heterocycles. The van der Waals surface area contributed by atoms with Gasteiger partial charge in [-0.05, 0) is 74.5 Å². The van der Waals surface area contributed by atoms with Crippen molar-refractivity contribution >= 4 is 0 Å². The molecule has 0 aromatic rings. The van der Waals surface area contributed by atoms with Crippen LogP contribution in [0.25, 0.3) is 0 Å². The Kier molecular flexibility index (Phi) is 8.74. The SMILES string of the molecule is CCCCCCCC1CCC2CC(C3CCC(CCC)CC3)CCC2(C#N)C1. The van der Waals surface area contributed by atoms with Gasteiger partial charge in [-0.15, -0.1) is 0 Å². The molecule has 160 valence electrons. The molecule has 3 aliphatic rings. The molecule has 28 heavy (non-hydrogen) atoms. The summed E-state index contributed by atoms with van der Waals surface area (Å²) in [5, 5.41) is 10.2. The number of nitriles is 1. The molecule has 0 spiro atoms. The average molecular weight is 386 g/mol. The summed E-state index contributed by atoms with van der Waals surface area (Å²) in [5.41, 5.74) is 0.0578. The Morgan fingerprint density at radius 1 is 0.750 bits per heavy atom. The van der Waals surface area contributed by atoms with Crippen molar-refractivity contribution < 1.29 is 0 Å². The molecule has 1 heteroatoms. The molecule has 1 nitrogen and oxygen atoms in total. The second kappa shape index (κ2) is 11.0. The van der Waals surface area contributed by atoms with E-state index in [1.54, 1.807) is 0 Å². The predicted molar refractivity (Wildman–Crippen MR) is 120 cm³/mol. The van der Waals surface area contributed by atoms with Crippen LogP contribution < -0.4 is 0 Å². The lowest BCUT2D eigenvalue weighted by Crippen LogP contribution is -2.42. The van der Waals surface area contributed by atoms with Gasteiger partial charge in [-0.1, -0.05) is 84.5 Å². The van der Waals surface area contributed by atoms with Crippen LogP contribution in [0.5, 0.6) is 0 Å². The van der Waals surface area contributed by atoms with Crippen molar-refractivity contribution in [1.82, 2.24) is 0 Å². The van der Waals surface area contributed by atoms with Crippen molar-refractivity contribution in [3.05, 3.63) is 0 Å². The number of hydrogen-bond donors (Lipinski definition) is 0. The minimum Gasteiger partial charge on any atom is -0.198 e. The highest BCUT2D eigenvalue weighted by Gasteiger charge is 2.48. The molecule has 3 saturated carbocycles. The van der Waals surface area contributed by atoms with Gasteiger partial charge in [-0.2, -0.15) is 5.26 Å². The predicted octanol–water partition coefficient (Wildman–Crippen LogP) is 8.68. The van der Waals surface area contributed by atoms with Gasteiger partial charge in [-0.3, -0.25) is 0 Å². The Morgan fingerprint density at radius 3 is 2.21 bits per heavy atom. The Morgan fingerprint density at radius 2 is 1.50 bits per heavy atom. The molecule has 4 unspecified atom stereocenters. The fraction of sp³-hybridized carbons (Fsp3) is 0.963. The van der Waals surface area contributed by atoms with Crippen LogP contribution in [0.4, 0.5) is 0 Å². The van der Waals surface area contributed by atoms with Gasteiger partial charge in [-0.25, -0.2) is 0 Å². The van der Waals surface area contributed by atoms with Crippen LogP contribution in [0, 0.1) is 46.3 Å². The lowest BCUT2D eigenvalue weighted by Gasteiger charge is -2.50. The number of nitrogens with zero attached hydrogens (tertiary/aromatic N) is 1. The zero-order chi connectivity index (χ0) is 19.8. The van der Waals surface area contributed by atoms with Crippen LogP contribution in [0.3, 0.4) is 0 Å². The summed E-state index contributed by atoms with van der Waals surface area (Å²) in [6.07, 6.45) is 25.1. The van der Waals surface area contributed by atoms with E-state index in [0.29, 0.717) is 0 Å². The smallest absolute Gasteiger partial charge is 0.0692 e. The first kappa shape index (κ1) is 22.2. The number of rotatable bonds is 9. The Labute approximate surface area is 176 Å². The summed E-state index contributed by atoms with van der Waals surface area (Å²) < 4.78 is 0. The van der Waals surface area contributed by atoms with Gasteiger partial charge in [0.2, 0.25) is 0 Å². The minimum atomic E-state index is 0.0578. The second-order valence-electron chi connectivity index (χ2n) is 10.9. The van der Waals surface area contributed by atoms with Crippen molar-refractivity contribution in [3.8, 4) is 6.07 Å². The van der Waals surface area contributed by atoms with E-state index in [4.69, 9.17) is 0 Å². The van der Waals surface area contributed by atoms with Crippen LogP contribution >= 0.6 is 0 Å². The van der Waals surface area contributed by atoms with E-state index in [1.165, 1.54) is 116 Å². The molecule has 3 rings (SSSR count). The van der Waals surface area contributed by atoms with Gasteiger partial charge in [0, 0.05) is 0 Å². The first-order chi connectivity index (χ1) is 13.7. The number of hydrogen-bond acceptors (Lipinski definition) is 1. The summed E-state index contributed by atoms with van der Waals surface area (Å²) in [7, 11) is 0. The van der Waals surface area contributed by atoms with Crippen LogP contribution in [-0.2, 0) is 0 Å². The standard InChI is InChI=1S/C27H47N/c1-3-5-6-7-8-10-23-13-16-26-19-25(17-18-27(26,20-23)21-28)24-14-11-22(9-4-2)12-15-24/h22-26H,3-20H2,1-2H3. The molecule has 3 fully saturated rings. The summed E-state index contributed by atoms with van der Waals surface area (Å²) in [6.45, 7) is 4.64. The highest BCUT2D eigenvalue weighted by molar-refractivity contribution is 5.09. The molecule has 0 aromatic carbocycles. The summed E-state index contributed by atoms with van der Waals surface area (Å²) in [5.74, 6) is 4.52.